The van der Waals surface area contributed by atoms with E-state index in [1.54, 1.807) is 11.6 Å². The molecule has 3 atom stereocenters. The second-order valence-electron chi connectivity index (χ2n) is 5.07. The zero-order valence-electron chi connectivity index (χ0n) is 12.2. The molecule has 12 heteroatoms. The minimum absolute atomic E-state index is 0.0316. The van der Waals surface area contributed by atoms with Gasteiger partial charge in [-0.1, -0.05) is 12.2 Å². The molecule has 1 unspecified atom stereocenters. The monoisotopic (exact) mass is 361 g/mol. The van der Waals surface area contributed by atoms with Gasteiger partial charge in [0.05, 0.1) is 19.0 Å². The van der Waals surface area contributed by atoms with Gasteiger partial charge in [0.15, 0.2) is 11.2 Å². The molecule has 10 nitrogen and oxygen atoms in total. The molecule has 3 rings (SSSR count). The third-order valence-corrected chi connectivity index (χ3v) is 4.32. The molecular weight excluding hydrogens is 345 g/mol. The van der Waals surface area contributed by atoms with Crippen molar-refractivity contribution in [3.8, 4) is 0 Å². The Hall–Kier alpha value is -1.39. The van der Waals surface area contributed by atoms with Crippen molar-refractivity contribution in [3.63, 3.8) is 0 Å². The molecule has 3 N–H and O–H groups in total. The van der Waals surface area contributed by atoms with Gasteiger partial charge < -0.3 is 14.9 Å². The van der Waals surface area contributed by atoms with Crippen molar-refractivity contribution in [2.75, 3.05) is 19.0 Å². The fourth-order valence-electron chi connectivity index (χ4n) is 2.45. The van der Waals surface area contributed by atoms with E-state index in [9.17, 15) is 9.36 Å². The third kappa shape index (κ3) is 3.59. The van der Waals surface area contributed by atoms with Crippen LogP contribution in [0.2, 0.25) is 0 Å². The summed E-state index contributed by atoms with van der Waals surface area (Å²) in [5, 5.41) is 2.78. The van der Waals surface area contributed by atoms with Gasteiger partial charge in [0.25, 0.3) is 5.56 Å². The van der Waals surface area contributed by atoms with Gasteiger partial charge in [-0.2, -0.15) is 4.98 Å². The van der Waals surface area contributed by atoms with E-state index in [4.69, 9.17) is 14.2 Å². The first-order chi connectivity index (χ1) is 10.9. The van der Waals surface area contributed by atoms with Crippen LogP contribution in [0.3, 0.4) is 0 Å². The normalized spacial score (nSPS) is 24.0. The Kier molecular flexibility index (Phi) is 4.47. The van der Waals surface area contributed by atoms with Crippen molar-refractivity contribution in [1.29, 1.82) is 0 Å². The standard InChI is InChI=1S/C11H16N5O5PS/c1-12-11-14-9-8(10(17)15-11)13-5-16(9)7-3-2-6(21-7)4-20-22(18,19)23/h5-7H,2-4H2,1H3,(H2,18,19,23)(H2,12,14,15,17)/t6-,7+/m0/s1. The molecule has 0 aliphatic carbocycles. The lowest BCUT2D eigenvalue weighted by Crippen LogP contribution is -2.17. The average molecular weight is 361 g/mol. The Morgan fingerprint density at radius 3 is 3.13 bits per heavy atom. The van der Waals surface area contributed by atoms with Crippen LogP contribution in [0.15, 0.2) is 11.1 Å². The van der Waals surface area contributed by atoms with Crippen LogP contribution in [0, 0.1) is 0 Å². The maximum absolute atomic E-state index is 11.9. The lowest BCUT2D eigenvalue weighted by Gasteiger charge is -2.15. The van der Waals surface area contributed by atoms with E-state index in [1.807, 2.05) is 0 Å². The largest absolute Gasteiger partial charge is 0.383 e. The molecule has 0 saturated carbocycles. The molecule has 126 valence electrons. The predicted octanol–water partition coefficient (Wildman–Crippen LogP) is 0.886. The molecule has 3 heterocycles. The lowest BCUT2D eigenvalue weighted by molar-refractivity contribution is -0.0166. The zero-order chi connectivity index (χ0) is 16.6. The Morgan fingerprint density at radius 2 is 2.43 bits per heavy atom. The van der Waals surface area contributed by atoms with Crippen LogP contribution in [-0.2, 0) is 13.8 Å². The van der Waals surface area contributed by atoms with E-state index < -0.39 is 6.80 Å². The molecule has 0 spiro atoms. The summed E-state index contributed by atoms with van der Waals surface area (Å²) in [7, 11) is 1.65. The van der Waals surface area contributed by atoms with E-state index in [0.717, 1.165) is 0 Å². The number of nitrogens with zero attached hydrogens (tertiary/aromatic N) is 3. The molecule has 1 aliphatic heterocycles. The van der Waals surface area contributed by atoms with Gasteiger partial charge in [-0.15, -0.1) is 0 Å². The number of rotatable bonds is 5. The number of fused-ring (bicyclic) bond motifs is 1. The number of hydrogen-bond donors (Lipinski definition) is 4. The zero-order valence-corrected chi connectivity index (χ0v) is 14.0. The van der Waals surface area contributed by atoms with Crippen molar-refractivity contribution in [3.05, 3.63) is 16.7 Å². The first-order valence-corrected chi connectivity index (χ1v) is 9.60. The Bertz CT molecular complexity index is 817. The van der Waals surface area contributed by atoms with Crippen LogP contribution >= 0.6 is 19.0 Å². The molecule has 0 radical (unpaired) electrons. The van der Waals surface area contributed by atoms with Gasteiger partial charge in [0.2, 0.25) is 5.95 Å². The fraction of sp³-hybridized carbons (Fsp3) is 0.545. The van der Waals surface area contributed by atoms with Gasteiger partial charge in [-0.25, -0.2) is 9.55 Å². The second-order valence-corrected chi connectivity index (χ2v) is 7.82. The molecule has 1 aliphatic rings. The smallest absolute Gasteiger partial charge is 0.359 e. The Morgan fingerprint density at radius 1 is 1.65 bits per heavy atom. The van der Waals surface area contributed by atoms with Gasteiger partial charge >= 0.3 is 6.80 Å². The topological polar surface area (TPSA) is 131 Å². The van der Waals surface area contributed by atoms with Crippen LogP contribution in [0.5, 0.6) is 0 Å². The van der Waals surface area contributed by atoms with E-state index >= 15 is 0 Å². The average Bonchev–Trinajstić information content (AvgIpc) is 3.10. The number of nitrogens with one attached hydrogen (secondary N) is 2. The molecule has 0 aromatic carbocycles. The summed E-state index contributed by atoms with van der Waals surface area (Å²) < 4.78 is 23.3. The lowest BCUT2D eigenvalue weighted by atomic mass is 10.2. The highest BCUT2D eigenvalue weighted by atomic mass is 32.7. The minimum Gasteiger partial charge on any atom is -0.359 e. The first-order valence-electron chi connectivity index (χ1n) is 6.87. The number of aromatic amines is 1. The highest BCUT2D eigenvalue weighted by molar-refractivity contribution is 8.44. The number of thiol groups is 1. The molecule has 1 saturated heterocycles. The molecule has 2 aromatic heterocycles. The van der Waals surface area contributed by atoms with Crippen LogP contribution in [0.25, 0.3) is 11.2 Å². The first kappa shape index (κ1) is 16.5. The van der Waals surface area contributed by atoms with Gasteiger partial charge in [0, 0.05) is 7.05 Å². The molecular formula is C11H16N5O5PS. The molecule has 0 bridgehead atoms. The van der Waals surface area contributed by atoms with Crippen LogP contribution < -0.4 is 10.9 Å². The summed E-state index contributed by atoms with van der Waals surface area (Å²) in [5.41, 5.74) is 0.293. The predicted molar refractivity (Wildman–Crippen MR) is 85.6 cm³/mol. The summed E-state index contributed by atoms with van der Waals surface area (Å²) in [6.07, 6.45) is 2.07. The van der Waals surface area contributed by atoms with Crippen LogP contribution in [0.4, 0.5) is 5.95 Å². The summed E-state index contributed by atoms with van der Waals surface area (Å²) in [6, 6.07) is 0. The van der Waals surface area contributed by atoms with E-state index in [1.165, 1.54) is 6.33 Å². The maximum Gasteiger partial charge on any atom is 0.383 e. The quantitative estimate of drug-likeness (QED) is 0.456. The van der Waals surface area contributed by atoms with Gasteiger partial charge in [-0.05, 0) is 12.8 Å². The fourth-order valence-corrected chi connectivity index (χ4v) is 3.01. The SMILES string of the molecule is CNc1nc2c(ncn2[C@H]2CC[C@@H](COP(=O)(O)S)O2)c(=O)[nH]1. The molecule has 0 amide bonds. The Labute approximate surface area is 135 Å². The van der Waals surface area contributed by atoms with E-state index in [-0.39, 0.29) is 30.0 Å². The third-order valence-electron chi connectivity index (χ3n) is 3.49. The number of imidazole rings is 1. The van der Waals surface area contributed by atoms with Crippen LogP contribution in [-0.4, -0.2) is 44.2 Å². The highest BCUT2D eigenvalue weighted by Crippen LogP contribution is 2.47. The number of anilines is 1. The van der Waals surface area contributed by atoms with Gasteiger partial charge in [0.1, 0.15) is 6.23 Å². The summed E-state index contributed by atoms with van der Waals surface area (Å²) in [6.45, 7) is -3.86. The van der Waals surface area contributed by atoms with Crippen molar-refractivity contribution < 1.29 is 18.7 Å². The number of H-pyrrole nitrogens is 1. The molecule has 23 heavy (non-hydrogen) atoms. The van der Waals surface area contributed by atoms with Crippen molar-refractivity contribution in [2.45, 2.75) is 25.2 Å². The highest BCUT2D eigenvalue weighted by Gasteiger charge is 2.30. The van der Waals surface area contributed by atoms with Crippen LogP contribution in [0.1, 0.15) is 19.1 Å². The number of aromatic nitrogens is 4. The van der Waals surface area contributed by atoms with Crippen molar-refractivity contribution in [2.24, 2.45) is 0 Å². The summed E-state index contributed by atoms with van der Waals surface area (Å²) >= 11 is 3.45. The second kappa shape index (κ2) is 6.25. The van der Waals surface area contributed by atoms with E-state index in [2.05, 4.69) is 32.5 Å². The molecule has 2 aromatic rings. The summed E-state index contributed by atoms with van der Waals surface area (Å²) in [5.74, 6) is 0.332. The van der Waals surface area contributed by atoms with Gasteiger partial charge in [-0.3, -0.25) is 18.9 Å². The Balaban J connectivity index is 1.80. The minimum atomic E-state index is -3.83. The maximum atomic E-state index is 11.9. The number of hydrogen-bond acceptors (Lipinski definition) is 7. The van der Waals surface area contributed by atoms with Crippen molar-refractivity contribution in [1.82, 2.24) is 19.5 Å². The van der Waals surface area contributed by atoms with Crippen molar-refractivity contribution >= 4 is 36.2 Å². The molecule has 1 fully saturated rings. The summed E-state index contributed by atoms with van der Waals surface area (Å²) in [4.78, 5) is 31.9. The number of ether oxygens (including phenoxy) is 1. The van der Waals surface area contributed by atoms with E-state index in [0.29, 0.717) is 24.4 Å².